The van der Waals surface area contributed by atoms with Gasteiger partial charge in [0, 0.05) is 13.5 Å². The van der Waals surface area contributed by atoms with E-state index in [1.807, 2.05) is 36.4 Å². The van der Waals surface area contributed by atoms with E-state index in [2.05, 4.69) is 17.4 Å². The van der Waals surface area contributed by atoms with Gasteiger partial charge in [-0.05, 0) is 30.5 Å². The lowest BCUT2D eigenvalue weighted by Gasteiger charge is -2.34. The third kappa shape index (κ3) is 3.99. The van der Waals surface area contributed by atoms with Crippen molar-refractivity contribution in [3.63, 3.8) is 0 Å². The zero-order valence-electron chi connectivity index (χ0n) is 14.3. The van der Waals surface area contributed by atoms with Gasteiger partial charge in [-0.3, -0.25) is 9.59 Å². The Morgan fingerprint density at radius 1 is 1.12 bits per heavy atom. The number of hydrogen-bond acceptors (Lipinski definition) is 3. The summed E-state index contributed by atoms with van der Waals surface area (Å²) in [6.45, 7) is 0.237. The van der Waals surface area contributed by atoms with Gasteiger partial charge in [0.25, 0.3) is 5.91 Å². The average Bonchev–Trinajstić information content (AvgIpc) is 2.67. The lowest BCUT2D eigenvalue weighted by atomic mass is 10.1. The predicted molar refractivity (Wildman–Crippen MR) is 96.7 cm³/mol. The highest BCUT2D eigenvalue weighted by Crippen LogP contribution is 2.33. The normalized spacial score (nSPS) is 15.9. The first-order valence-electron chi connectivity index (χ1n) is 8.50. The standard InChI is InChI=1S/C20H22N2O3/c1-21-20(24)18-14-22(16-11-5-6-12-17(16)25-18)19(23)13-7-10-15-8-3-2-4-9-15/h2-6,8-9,11-12,18H,7,10,13-14H2,1H3,(H,21,24)/t18-/m1/s1. The molecule has 2 aromatic carbocycles. The Hall–Kier alpha value is -2.82. The van der Waals surface area contributed by atoms with E-state index in [1.165, 1.54) is 5.56 Å². The number of carbonyl (C=O) groups excluding carboxylic acids is 2. The molecule has 2 aromatic rings. The fourth-order valence-corrected chi connectivity index (χ4v) is 2.99. The van der Waals surface area contributed by atoms with Crippen LogP contribution in [0.15, 0.2) is 54.6 Å². The molecule has 0 spiro atoms. The van der Waals surface area contributed by atoms with Gasteiger partial charge in [-0.15, -0.1) is 0 Å². The second-order valence-corrected chi connectivity index (χ2v) is 6.03. The van der Waals surface area contributed by atoms with E-state index in [-0.39, 0.29) is 18.4 Å². The first kappa shape index (κ1) is 17.0. The maximum Gasteiger partial charge on any atom is 0.262 e. The summed E-state index contributed by atoms with van der Waals surface area (Å²) in [5, 5.41) is 2.59. The van der Waals surface area contributed by atoms with E-state index in [1.54, 1.807) is 18.0 Å². The summed E-state index contributed by atoms with van der Waals surface area (Å²) in [6, 6.07) is 17.5. The van der Waals surface area contributed by atoms with Crippen LogP contribution >= 0.6 is 0 Å². The molecule has 0 radical (unpaired) electrons. The molecule has 1 N–H and O–H groups in total. The zero-order valence-corrected chi connectivity index (χ0v) is 14.3. The van der Waals surface area contributed by atoms with E-state index in [0.29, 0.717) is 12.2 Å². The molecule has 0 unspecified atom stereocenters. The van der Waals surface area contributed by atoms with E-state index in [4.69, 9.17) is 4.74 Å². The number of nitrogens with one attached hydrogen (secondary N) is 1. The van der Waals surface area contributed by atoms with Crippen molar-refractivity contribution in [1.29, 1.82) is 0 Å². The highest BCUT2D eigenvalue weighted by molar-refractivity contribution is 5.97. The van der Waals surface area contributed by atoms with Gasteiger partial charge >= 0.3 is 0 Å². The van der Waals surface area contributed by atoms with Crippen LogP contribution in [0.25, 0.3) is 0 Å². The van der Waals surface area contributed by atoms with Crippen molar-refractivity contribution in [1.82, 2.24) is 5.32 Å². The lowest BCUT2D eigenvalue weighted by Crippen LogP contribution is -2.50. The van der Waals surface area contributed by atoms with Crippen LogP contribution in [0.2, 0.25) is 0 Å². The summed E-state index contributed by atoms with van der Waals surface area (Å²) < 4.78 is 5.73. The summed E-state index contributed by atoms with van der Waals surface area (Å²) in [7, 11) is 1.57. The van der Waals surface area contributed by atoms with Crippen molar-refractivity contribution in [2.24, 2.45) is 0 Å². The van der Waals surface area contributed by atoms with Crippen molar-refractivity contribution in [3.05, 3.63) is 60.2 Å². The summed E-state index contributed by atoms with van der Waals surface area (Å²) in [5.41, 5.74) is 1.95. The van der Waals surface area contributed by atoms with Gasteiger partial charge in [-0.1, -0.05) is 42.5 Å². The number of aryl methyl sites for hydroxylation is 1. The Morgan fingerprint density at radius 2 is 1.84 bits per heavy atom. The molecule has 5 heteroatoms. The summed E-state index contributed by atoms with van der Waals surface area (Å²) in [6.07, 6.45) is 1.38. The Balaban J connectivity index is 1.68. The van der Waals surface area contributed by atoms with Gasteiger partial charge < -0.3 is 15.0 Å². The molecule has 1 aliphatic heterocycles. The molecule has 5 nitrogen and oxygen atoms in total. The number of amides is 2. The minimum atomic E-state index is -0.682. The fourth-order valence-electron chi connectivity index (χ4n) is 2.99. The van der Waals surface area contributed by atoms with Crippen LogP contribution in [0.3, 0.4) is 0 Å². The first-order valence-corrected chi connectivity index (χ1v) is 8.50. The Morgan fingerprint density at radius 3 is 2.60 bits per heavy atom. The summed E-state index contributed by atoms with van der Waals surface area (Å²) in [4.78, 5) is 26.4. The van der Waals surface area contributed by atoms with Crippen LogP contribution in [-0.2, 0) is 16.0 Å². The van der Waals surface area contributed by atoms with Crippen molar-refractivity contribution in [2.75, 3.05) is 18.5 Å². The fraction of sp³-hybridized carbons (Fsp3) is 0.300. The van der Waals surface area contributed by atoms with Gasteiger partial charge in [-0.25, -0.2) is 0 Å². The van der Waals surface area contributed by atoms with Gasteiger partial charge in [0.15, 0.2) is 6.10 Å². The molecular formula is C20H22N2O3. The van der Waals surface area contributed by atoms with Crippen molar-refractivity contribution in [2.45, 2.75) is 25.4 Å². The number of carbonyl (C=O) groups is 2. The van der Waals surface area contributed by atoms with Crippen LogP contribution in [0.5, 0.6) is 5.75 Å². The minimum absolute atomic E-state index is 0.0144. The molecule has 130 valence electrons. The second-order valence-electron chi connectivity index (χ2n) is 6.03. The van der Waals surface area contributed by atoms with Gasteiger partial charge in [0.2, 0.25) is 5.91 Å². The van der Waals surface area contributed by atoms with Crippen LogP contribution in [0.1, 0.15) is 18.4 Å². The topological polar surface area (TPSA) is 58.6 Å². The number of rotatable bonds is 5. The molecule has 0 fully saturated rings. The second kappa shape index (κ2) is 7.83. The van der Waals surface area contributed by atoms with Crippen LogP contribution in [0, 0.1) is 0 Å². The molecule has 25 heavy (non-hydrogen) atoms. The largest absolute Gasteiger partial charge is 0.477 e. The molecule has 3 rings (SSSR count). The van der Waals surface area contributed by atoms with E-state index in [9.17, 15) is 9.59 Å². The van der Waals surface area contributed by atoms with Crippen molar-refractivity contribution < 1.29 is 14.3 Å². The van der Waals surface area contributed by atoms with Crippen molar-refractivity contribution >= 4 is 17.5 Å². The predicted octanol–water partition coefficient (Wildman–Crippen LogP) is 2.55. The van der Waals surface area contributed by atoms with Crippen LogP contribution in [0.4, 0.5) is 5.69 Å². The number of likely N-dealkylation sites (N-methyl/N-ethyl adjacent to an activating group) is 1. The van der Waals surface area contributed by atoms with Crippen LogP contribution < -0.4 is 15.0 Å². The number of ether oxygens (including phenoxy) is 1. The Kier molecular flexibility index (Phi) is 5.33. The number of benzene rings is 2. The van der Waals surface area contributed by atoms with E-state index < -0.39 is 6.10 Å². The van der Waals surface area contributed by atoms with Crippen molar-refractivity contribution in [3.8, 4) is 5.75 Å². The number of hydrogen-bond donors (Lipinski definition) is 1. The molecule has 0 aromatic heterocycles. The van der Waals surface area contributed by atoms with Gasteiger partial charge in [-0.2, -0.15) is 0 Å². The molecular weight excluding hydrogens is 316 g/mol. The number of para-hydroxylation sites is 2. The molecule has 0 aliphatic carbocycles. The van der Waals surface area contributed by atoms with Gasteiger partial charge in [0.1, 0.15) is 5.75 Å². The lowest BCUT2D eigenvalue weighted by molar-refractivity contribution is -0.127. The maximum absolute atomic E-state index is 12.7. The third-order valence-corrected chi connectivity index (χ3v) is 4.31. The maximum atomic E-state index is 12.7. The molecule has 0 bridgehead atoms. The highest BCUT2D eigenvalue weighted by Gasteiger charge is 2.32. The quantitative estimate of drug-likeness (QED) is 0.911. The SMILES string of the molecule is CNC(=O)[C@H]1CN(C(=O)CCCc2ccccc2)c2ccccc2O1. The summed E-state index contributed by atoms with van der Waals surface area (Å²) in [5.74, 6) is 0.357. The number of anilines is 1. The van der Waals surface area contributed by atoms with Crippen LogP contribution in [-0.4, -0.2) is 31.5 Å². The molecule has 2 amide bonds. The minimum Gasteiger partial charge on any atom is -0.477 e. The number of nitrogens with zero attached hydrogens (tertiary/aromatic N) is 1. The van der Waals surface area contributed by atoms with E-state index >= 15 is 0 Å². The number of fused-ring (bicyclic) bond motifs is 1. The average molecular weight is 338 g/mol. The molecule has 1 heterocycles. The highest BCUT2D eigenvalue weighted by atomic mass is 16.5. The Bertz CT molecular complexity index is 746. The molecule has 1 aliphatic rings. The monoisotopic (exact) mass is 338 g/mol. The summed E-state index contributed by atoms with van der Waals surface area (Å²) >= 11 is 0. The molecule has 1 atom stereocenters. The third-order valence-electron chi connectivity index (χ3n) is 4.31. The molecule has 0 saturated heterocycles. The van der Waals surface area contributed by atoms with E-state index in [0.717, 1.165) is 18.5 Å². The smallest absolute Gasteiger partial charge is 0.262 e. The van der Waals surface area contributed by atoms with Gasteiger partial charge in [0.05, 0.1) is 12.2 Å². The Labute approximate surface area is 147 Å². The first-order chi connectivity index (χ1) is 12.2. The zero-order chi connectivity index (χ0) is 17.6. The molecule has 0 saturated carbocycles.